The van der Waals surface area contributed by atoms with Crippen molar-refractivity contribution in [3.63, 3.8) is 0 Å². The molecule has 1 aliphatic rings. The second-order valence-corrected chi connectivity index (χ2v) is 12.2. The molecule has 1 fully saturated rings. The Labute approximate surface area is 255 Å². The van der Waals surface area contributed by atoms with Gasteiger partial charge in [-0.15, -0.1) is 0 Å². The second-order valence-electron chi connectivity index (χ2n) is 12.2. The molecule has 1 aliphatic heterocycles. The fourth-order valence-corrected chi connectivity index (χ4v) is 5.66. The van der Waals surface area contributed by atoms with Crippen LogP contribution in [0.4, 0.5) is 35.5 Å². The van der Waals surface area contributed by atoms with E-state index in [2.05, 4.69) is 0 Å². The largest absolute Gasteiger partial charge is 0.496 e. The van der Waals surface area contributed by atoms with Crippen molar-refractivity contribution in [3.8, 4) is 16.9 Å². The molecule has 4 aromatic rings. The first-order valence-electron chi connectivity index (χ1n) is 14.0. The van der Waals surface area contributed by atoms with Crippen molar-refractivity contribution in [1.82, 2.24) is 4.90 Å². The molecule has 1 heterocycles. The molecule has 1 amide bonds. The van der Waals surface area contributed by atoms with Crippen LogP contribution in [-0.4, -0.2) is 24.1 Å². The first kappa shape index (κ1) is 32.1. The summed E-state index contributed by atoms with van der Waals surface area (Å²) in [4.78, 5) is 14.4. The molecular formula is C34H30F7NO3. The molecule has 0 unspecified atom stereocenters. The van der Waals surface area contributed by atoms with E-state index in [0.29, 0.717) is 34.4 Å². The normalized spacial score (nSPS) is 17.6. The molecule has 0 saturated carbocycles. The molecule has 0 N–H and O–H groups in total. The fourth-order valence-electron chi connectivity index (χ4n) is 5.66. The third kappa shape index (κ3) is 6.30. The minimum absolute atomic E-state index is 0.0337. The van der Waals surface area contributed by atoms with Gasteiger partial charge in [0, 0.05) is 11.6 Å². The number of hydrogen-bond donors (Lipinski definition) is 0. The van der Waals surface area contributed by atoms with Crippen molar-refractivity contribution in [1.29, 1.82) is 0 Å². The van der Waals surface area contributed by atoms with Crippen LogP contribution in [0, 0.1) is 5.82 Å². The minimum Gasteiger partial charge on any atom is -0.496 e. The predicted molar refractivity (Wildman–Crippen MR) is 155 cm³/mol. The van der Waals surface area contributed by atoms with Gasteiger partial charge in [0.25, 0.3) is 0 Å². The maximum atomic E-state index is 15.1. The zero-order valence-electron chi connectivity index (χ0n) is 25.0. The molecule has 0 aromatic heterocycles. The molecule has 1 saturated heterocycles. The van der Waals surface area contributed by atoms with Crippen molar-refractivity contribution in [2.75, 3.05) is 7.11 Å². The lowest BCUT2D eigenvalue weighted by atomic mass is 9.83. The molecule has 4 nitrogen and oxygen atoms in total. The first-order valence-corrected chi connectivity index (χ1v) is 14.0. The van der Waals surface area contributed by atoms with Crippen molar-refractivity contribution < 1.29 is 45.0 Å². The molecule has 0 spiro atoms. The van der Waals surface area contributed by atoms with E-state index >= 15 is 4.39 Å². The summed E-state index contributed by atoms with van der Waals surface area (Å²) < 4.78 is 107. The molecule has 5 rings (SSSR count). The van der Waals surface area contributed by atoms with Crippen molar-refractivity contribution in [2.45, 2.75) is 64.2 Å². The average Bonchev–Trinajstić information content (AvgIpc) is 3.23. The van der Waals surface area contributed by atoms with Crippen LogP contribution in [0.25, 0.3) is 21.9 Å². The first-order chi connectivity index (χ1) is 20.9. The molecule has 2 atom stereocenters. The van der Waals surface area contributed by atoms with Gasteiger partial charge in [-0.05, 0) is 81.8 Å². The molecule has 238 valence electrons. The Hall–Kier alpha value is -4.28. The Bertz CT molecular complexity index is 1740. The van der Waals surface area contributed by atoms with Crippen molar-refractivity contribution in [2.24, 2.45) is 0 Å². The van der Waals surface area contributed by atoms with E-state index in [1.165, 1.54) is 25.0 Å². The Morgan fingerprint density at radius 2 is 1.40 bits per heavy atom. The van der Waals surface area contributed by atoms with E-state index in [0.717, 1.165) is 10.8 Å². The highest BCUT2D eigenvalue weighted by Crippen LogP contribution is 2.43. The lowest BCUT2D eigenvalue weighted by Crippen LogP contribution is -2.31. The van der Waals surface area contributed by atoms with Crippen LogP contribution in [0.5, 0.6) is 5.75 Å². The van der Waals surface area contributed by atoms with Gasteiger partial charge in [0.1, 0.15) is 17.7 Å². The molecule has 0 radical (unpaired) electrons. The summed E-state index contributed by atoms with van der Waals surface area (Å²) in [5.41, 5.74) is -1.81. The third-order valence-corrected chi connectivity index (χ3v) is 8.03. The number of carbonyl (C=O) groups excluding carboxylic acids is 1. The highest BCUT2D eigenvalue weighted by molar-refractivity contribution is 5.90. The molecular weight excluding hydrogens is 603 g/mol. The van der Waals surface area contributed by atoms with Gasteiger partial charge in [-0.2, -0.15) is 26.3 Å². The lowest BCUT2D eigenvalue weighted by molar-refractivity contribution is -0.143. The number of nitrogens with zero attached hydrogens (tertiary/aromatic N) is 1. The number of hydrogen-bond acceptors (Lipinski definition) is 3. The summed E-state index contributed by atoms with van der Waals surface area (Å²) in [6, 6.07) is 14.4. The number of rotatable bonds is 5. The van der Waals surface area contributed by atoms with E-state index in [-0.39, 0.29) is 18.4 Å². The zero-order chi connectivity index (χ0) is 33.1. The summed E-state index contributed by atoms with van der Waals surface area (Å²) in [5, 5.41) is 1.66. The Balaban J connectivity index is 1.61. The Morgan fingerprint density at radius 3 is 1.93 bits per heavy atom. The number of amides is 1. The highest BCUT2D eigenvalue weighted by Gasteiger charge is 2.43. The van der Waals surface area contributed by atoms with Crippen molar-refractivity contribution >= 4 is 16.9 Å². The van der Waals surface area contributed by atoms with E-state index < -0.39 is 58.5 Å². The fraction of sp³-hybridized carbons (Fsp3) is 0.324. The van der Waals surface area contributed by atoms with Crippen LogP contribution < -0.4 is 4.74 Å². The number of cyclic esters (lactones) is 1. The van der Waals surface area contributed by atoms with Crippen molar-refractivity contribution in [3.05, 3.63) is 100 Å². The third-order valence-electron chi connectivity index (χ3n) is 8.03. The summed E-state index contributed by atoms with van der Waals surface area (Å²) in [7, 11) is 1.41. The van der Waals surface area contributed by atoms with Gasteiger partial charge in [0.2, 0.25) is 0 Å². The van der Waals surface area contributed by atoms with Crippen LogP contribution in [-0.2, 0) is 29.0 Å². The monoisotopic (exact) mass is 633 g/mol. The van der Waals surface area contributed by atoms with Crippen LogP contribution in [0.1, 0.15) is 61.6 Å². The smallest absolute Gasteiger partial charge is 0.416 e. The van der Waals surface area contributed by atoms with Crippen LogP contribution in [0.2, 0.25) is 0 Å². The SMILES string of the molecule is COc1cc(F)c(C(C)(C)C)cc1-c1cc2ccccc2cc1CN1C(=O)O[C@H](c2cc(C(F)(F)F)cc(C(F)(F)F)c2)[C@@H]1C. The maximum Gasteiger partial charge on any atom is 0.416 e. The van der Waals surface area contributed by atoms with E-state index in [4.69, 9.17) is 9.47 Å². The summed E-state index contributed by atoms with van der Waals surface area (Å²) >= 11 is 0. The summed E-state index contributed by atoms with van der Waals surface area (Å²) in [6.45, 7) is 6.99. The molecule has 0 bridgehead atoms. The number of halogens is 7. The number of alkyl halides is 6. The van der Waals surface area contributed by atoms with Gasteiger partial charge in [0.15, 0.2) is 0 Å². The topological polar surface area (TPSA) is 38.8 Å². The molecule has 4 aromatic carbocycles. The van der Waals surface area contributed by atoms with Gasteiger partial charge in [-0.25, -0.2) is 9.18 Å². The van der Waals surface area contributed by atoms with Gasteiger partial charge in [-0.1, -0.05) is 45.0 Å². The standard InChI is InChI=1S/C34H30F7NO3/c1-18-30(21-11-23(33(36,37)38)14-24(12-21)34(39,40)41)45-31(43)42(18)17-22-10-19-8-6-7-9-20(19)13-25(22)26-15-27(32(2,3)4)28(35)16-29(26)44-5/h6-16,18,30H,17H2,1-5H3/t18-,30-/m0/s1. The van der Waals surface area contributed by atoms with Crippen LogP contribution in [0.3, 0.4) is 0 Å². The number of benzene rings is 4. The number of fused-ring (bicyclic) bond motifs is 1. The van der Waals surface area contributed by atoms with Crippen LogP contribution in [0.15, 0.2) is 66.7 Å². The predicted octanol–water partition coefficient (Wildman–Crippen LogP) is 10.1. The summed E-state index contributed by atoms with van der Waals surface area (Å²) in [6.07, 6.45) is -12.4. The van der Waals surface area contributed by atoms with Gasteiger partial charge in [-0.3, -0.25) is 4.90 Å². The second kappa shape index (κ2) is 11.3. The molecule has 11 heteroatoms. The Kier molecular flexibility index (Phi) is 8.04. The van der Waals surface area contributed by atoms with Gasteiger partial charge >= 0.3 is 18.4 Å². The quantitative estimate of drug-likeness (QED) is 0.205. The minimum atomic E-state index is -5.05. The van der Waals surface area contributed by atoms with E-state index in [1.54, 1.807) is 6.07 Å². The average molecular weight is 634 g/mol. The van der Waals surface area contributed by atoms with Gasteiger partial charge < -0.3 is 9.47 Å². The molecule has 45 heavy (non-hydrogen) atoms. The zero-order valence-corrected chi connectivity index (χ0v) is 25.0. The number of methoxy groups -OCH3 is 1. The Morgan fingerprint density at radius 1 is 0.822 bits per heavy atom. The lowest BCUT2D eigenvalue weighted by Gasteiger charge is -2.25. The maximum absolute atomic E-state index is 15.1. The van der Waals surface area contributed by atoms with E-state index in [1.807, 2.05) is 57.2 Å². The van der Waals surface area contributed by atoms with E-state index in [9.17, 15) is 31.1 Å². The number of carbonyl (C=O) groups is 1. The highest BCUT2D eigenvalue weighted by atomic mass is 19.4. The summed E-state index contributed by atoms with van der Waals surface area (Å²) in [5.74, 6) is -0.208. The molecule has 0 aliphatic carbocycles. The number of ether oxygens (including phenoxy) is 2. The van der Waals surface area contributed by atoms with Crippen LogP contribution >= 0.6 is 0 Å². The van der Waals surface area contributed by atoms with Gasteiger partial charge in [0.05, 0.1) is 30.8 Å².